The normalized spacial score (nSPS) is 35.4. The summed E-state index contributed by atoms with van der Waals surface area (Å²) in [7, 11) is 5.39. The molecule has 5 rings (SSSR count). The summed E-state index contributed by atoms with van der Waals surface area (Å²) >= 11 is 0.250. The predicted molar refractivity (Wildman–Crippen MR) is 230 cm³/mol. The van der Waals surface area contributed by atoms with E-state index in [4.69, 9.17) is 23.7 Å². The van der Waals surface area contributed by atoms with E-state index in [1.165, 1.54) is 13.2 Å². The van der Waals surface area contributed by atoms with E-state index in [1.54, 1.807) is 29.8 Å². The van der Waals surface area contributed by atoms with Gasteiger partial charge in [-0.15, -0.1) is 5.10 Å². The van der Waals surface area contributed by atoms with Crippen molar-refractivity contribution in [2.24, 2.45) is 17.8 Å². The molecule has 0 bridgehead atoms. The van der Waals surface area contributed by atoms with E-state index in [-0.39, 0.29) is 36.3 Å². The number of nitrogens with zero attached hydrogens (tertiary/aromatic N) is 6. The Kier molecular flexibility index (Phi) is 18.5. The molecule has 61 heavy (non-hydrogen) atoms. The molecule has 0 saturated carbocycles. The number of rotatable bonds is 11. The molecule has 16 nitrogen and oxygen atoms in total. The fourth-order valence-corrected chi connectivity index (χ4v) is 9.25. The molecule has 1 amide bonds. The zero-order valence-corrected chi connectivity index (χ0v) is 38.9. The van der Waals surface area contributed by atoms with Crippen LogP contribution < -0.4 is 5.32 Å². The molecule has 0 aromatic carbocycles. The van der Waals surface area contributed by atoms with E-state index >= 15 is 0 Å². The first-order chi connectivity index (χ1) is 28.8. The maximum atomic E-state index is 14.4. The van der Waals surface area contributed by atoms with E-state index in [0.29, 0.717) is 51.0 Å². The number of ketones is 1. The Labute approximate surface area is 365 Å². The zero-order chi connectivity index (χ0) is 45.2. The van der Waals surface area contributed by atoms with Crippen LogP contribution in [0, 0.1) is 17.8 Å². The van der Waals surface area contributed by atoms with Crippen LogP contribution >= 0.6 is 12.1 Å². The number of aromatic nitrogens is 4. The highest BCUT2D eigenvalue weighted by Gasteiger charge is 2.58. The summed E-state index contributed by atoms with van der Waals surface area (Å²) in [5, 5.41) is 23.6. The number of carbonyl (C=O) groups excluding carboxylic acids is 3. The minimum atomic E-state index is -1.23. The van der Waals surface area contributed by atoms with Gasteiger partial charge in [0.05, 0.1) is 35.7 Å². The molecule has 0 aliphatic carbocycles. The van der Waals surface area contributed by atoms with Crippen LogP contribution in [0.1, 0.15) is 87.5 Å². The number of ether oxygens (including phenoxy) is 5. The SMILES string of the molecule is CC[C@H]1OC(=O)[C@H](C)C(=O)[C@H](C)[C@@H](O[C@@H]2OC(C)CC(N(C)C)C2O)[C@](C)(OC)C[C@@H](C)CN[C@H](C)[C@H]2N(CCCCn3cc(-c4ccccn4)nn3)C(=O)O[C@]12C.CSF. The van der Waals surface area contributed by atoms with E-state index in [2.05, 4.69) is 27.5 Å². The molecule has 344 valence electrons. The highest BCUT2D eigenvalue weighted by Crippen LogP contribution is 2.40. The van der Waals surface area contributed by atoms with E-state index in [1.807, 2.05) is 78.0 Å². The molecule has 2 N–H and O–H groups in total. The highest BCUT2D eigenvalue weighted by atomic mass is 32.2. The second kappa shape index (κ2) is 22.4. The number of fused-ring (bicyclic) bond motifs is 1. The molecule has 3 aliphatic rings. The third kappa shape index (κ3) is 12.1. The molecule has 3 fully saturated rings. The number of unbranched alkanes of at least 4 members (excludes halogenated alkanes) is 1. The summed E-state index contributed by atoms with van der Waals surface area (Å²) < 4.78 is 43.5. The molecule has 2 aromatic rings. The van der Waals surface area contributed by atoms with Gasteiger partial charge in [0.15, 0.2) is 17.7 Å². The molecule has 2 aromatic heterocycles. The zero-order valence-electron chi connectivity index (χ0n) is 38.1. The molecule has 0 spiro atoms. The van der Waals surface area contributed by atoms with Gasteiger partial charge in [-0.25, -0.2) is 4.79 Å². The molecule has 18 heteroatoms. The largest absolute Gasteiger partial charge is 0.458 e. The lowest BCUT2D eigenvalue weighted by atomic mass is 9.78. The molecule has 13 atom stereocenters. The molecular formula is C43H70FN7O9S. The minimum absolute atomic E-state index is 0.00904. The fourth-order valence-electron chi connectivity index (χ4n) is 9.25. The molecule has 3 saturated heterocycles. The van der Waals surface area contributed by atoms with Crippen molar-refractivity contribution >= 4 is 30.0 Å². The number of cyclic esters (lactones) is 1. The summed E-state index contributed by atoms with van der Waals surface area (Å²) in [6.07, 6.45) is 3.30. The van der Waals surface area contributed by atoms with Crippen molar-refractivity contribution in [1.82, 2.24) is 35.1 Å². The second-order valence-electron chi connectivity index (χ2n) is 17.5. The van der Waals surface area contributed by atoms with Crippen LogP contribution in [0.15, 0.2) is 30.6 Å². The number of nitrogens with one attached hydrogen (secondary N) is 1. The standard InChI is InChI=1S/C42H67N7O9.CH3FS/c1-12-33-42(8)36(49(40(53)58-42)20-16-15-19-48-24-31(45-46-48)30-17-13-14-18-43-30)29(6)44-23-25(2)22-41(7,54-11)37(27(4)34(50)28(5)38(52)56-33)57-39-35(51)32(47(9)10)21-26(3)55-39;1-3-2/h13-14,17-18,24-29,32-33,35-37,39,44,51H,12,15-16,19-23H2,1-11H3;1H3/t25-,26?,27+,28-,29-,32?,33-,35?,36-,37-,39+,41-,42-;/m1./s1. The topological polar surface area (TPSA) is 180 Å². The average molecular weight is 880 g/mol. The Morgan fingerprint density at radius 1 is 1.08 bits per heavy atom. The lowest BCUT2D eigenvalue weighted by Gasteiger charge is -2.46. The third-order valence-electron chi connectivity index (χ3n) is 12.6. The number of hydrogen-bond donors (Lipinski definition) is 2. The lowest BCUT2D eigenvalue weighted by Crippen LogP contribution is -2.61. The quantitative estimate of drug-likeness (QED) is 0.168. The second-order valence-corrected chi connectivity index (χ2v) is 17.8. The number of methoxy groups -OCH3 is 1. The Morgan fingerprint density at radius 3 is 2.39 bits per heavy atom. The Bertz CT molecular complexity index is 1710. The fraction of sp³-hybridized carbons (Fsp3) is 0.767. The smallest absolute Gasteiger partial charge is 0.410 e. The van der Waals surface area contributed by atoms with Crippen LogP contribution in [0.4, 0.5) is 8.68 Å². The number of likely N-dealkylation sites (N-methyl/N-ethyl adjacent to an activating group) is 1. The number of halogens is 1. The van der Waals surface area contributed by atoms with Gasteiger partial charge in [0.1, 0.15) is 23.8 Å². The van der Waals surface area contributed by atoms with Crippen molar-refractivity contribution in [2.75, 3.05) is 40.6 Å². The van der Waals surface area contributed by atoms with Crippen molar-refractivity contribution in [3.05, 3.63) is 30.6 Å². The summed E-state index contributed by atoms with van der Waals surface area (Å²) in [5.41, 5.74) is -0.833. The first-order valence-corrected chi connectivity index (χ1v) is 22.6. The van der Waals surface area contributed by atoms with Gasteiger partial charge in [-0.05, 0) is 105 Å². The van der Waals surface area contributed by atoms with Gasteiger partial charge in [0.2, 0.25) is 0 Å². The van der Waals surface area contributed by atoms with Crippen LogP contribution in [0.2, 0.25) is 0 Å². The van der Waals surface area contributed by atoms with Crippen molar-refractivity contribution in [3.63, 3.8) is 0 Å². The minimum Gasteiger partial charge on any atom is -0.458 e. The maximum Gasteiger partial charge on any atom is 0.410 e. The molecule has 0 radical (unpaired) electrons. The van der Waals surface area contributed by atoms with Crippen LogP contribution in [0.3, 0.4) is 0 Å². The highest BCUT2D eigenvalue weighted by molar-refractivity contribution is 7.93. The van der Waals surface area contributed by atoms with Gasteiger partial charge < -0.3 is 39.0 Å². The monoisotopic (exact) mass is 879 g/mol. The lowest BCUT2D eigenvalue weighted by molar-refractivity contribution is -0.295. The van der Waals surface area contributed by atoms with E-state index < -0.39 is 71.5 Å². The number of aliphatic hydroxyl groups is 1. The Hall–Kier alpha value is -3.26. The van der Waals surface area contributed by atoms with Crippen molar-refractivity contribution in [3.8, 4) is 11.4 Å². The van der Waals surface area contributed by atoms with Gasteiger partial charge in [-0.2, -0.15) is 3.89 Å². The number of Topliss-reactive ketones (excluding diaryl/α,β-unsaturated/α-hetero) is 1. The predicted octanol–water partition coefficient (Wildman–Crippen LogP) is 5.33. The number of esters is 1. The number of hydrogen-bond acceptors (Lipinski definition) is 15. The first kappa shape index (κ1) is 50.4. The van der Waals surface area contributed by atoms with Crippen LogP contribution in [-0.4, -0.2) is 153 Å². The molecule has 3 unspecified atom stereocenters. The molecular weight excluding hydrogens is 810 g/mol. The van der Waals surface area contributed by atoms with Crippen molar-refractivity contribution < 1.29 is 47.1 Å². The molecule has 5 heterocycles. The summed E-state index contributed by atoms with van der Waals surface area (Å²) in [5.74, 6) is -3.15. The number of aryl methyl sites for hydroxylation is 1. The average Bonchev–Trinajstić information content (AvgIpc) is 3.81. The van der Waals surface area contributed by atoms with E-state index in [0.717, 1.165) is 12.1 Å². The van der Waals surface area contributed by atoms with E-state index in [9.17, 15) is 23.4 Å². The number of aliphatic hydroxyl groups excluding tert-OH is 1. The first-order valence-electron chi connectivity index (χ1n) is 21.5. The van der Waals surface area contributed by atoms with Crippen molar-refractivity contribution in [1.29, 1.82) is 0 Å². The van der Waals surface area contributed by atoms with Crippen LogP contribution in [0.5, 0.6) is 0 Å². The summed E-state index contributed by atoms with van der Waals surface area (Å²) in [4.78, 5) is 50.2. The third-order valence-corrected chi connectivity index (χ3v) is 12.6. The number of amides is 1. The van der Waals surface area contributed by atoms with Gasteiger partial charge in [-0.1, -0.05) is 32.1 Å². The van der Waals surface area contributed by atoms with Gasteiger partial charge in [0, 0.05) is 62.8 Å². The molecule has 3 aliphatic heterocycles. The van der Waals surface area contributed by atoms with Crippen LogP contribution in [0.25, 0.3) is 11.4 Å². The van der Waals surface area contributed by atoms with Crippen molar-refractivity contribution in [2.45, 2.75) is 154 Å². The number of pyridine rings is 1. The Balaban J connectivity index is 0.00000265. The maximum absolute atomic E-state index is 14.4. The summed E-state index contributed by atoms with van der Waals surface area (Å²) in [6.45, 7) is 16.4. The Morgan fingerprint density at radius 2 is 1.77 bits per heavy atom. The van der Waals surface area contributed by atoms with Gasteiger partial charge >= 0.3 is 12.1 Å². The number of carbonyl (C=O) groups is 3. The van der Waals surface area contributed by atoms with Crippen LogP contribution in [-0.2, 0) is 39.8 Å². The van der Waals surface area contributed by atoms with Gasteiger partial charge in [0.25, 0.3) is 0 Å². The van der Waals surface area contributed by atoms with Gasteiger partial charge in [-0.3, -0.25) is 24.2 Å². The summed E-state index contributed by atoms with van der Waals surface area (Å²) in [6, 6.07) is 4.61.